The predicted molar refractivity (Wildman–Crippen MR) is 89.0 cm³/mol. The Morgan fingerprint density at radius 2 is 1.96 bits per heavy atom. The number of nitrogens with zero attached hydrogens (tertiary/aromatic N) is 1. The van der Waals surface area contributed by atoms with Crippen LogP contribution < -0.4 is 10.6 Å². The third-order valence-electron chi connectivity index (χ3n) is 3.83. The summed E-state index contributed by atoms with van der Waals surface area (Å²) in [5, 5.41) is 23.8. The summed E-state index contributed by atoms with van der Waals surface area (Å²) in [7, 11) is 0. The van der Waals surface area contributed by atoms with Gasteiger partial charge in [-0.15, -0.1) is 0 Å². The molecule has 2 atom stereocenters. The highest BCUT2D eigenvalue weighted by Crippen LogP contribution is 2.22. The molecular formula is C15H20BrN3O4. The molecule has 7 nitrogen and oxygen atoms in total. The van der Waals surface area contributed by atoms with E-state index in [1.54, 1.807) is 24.3 Å². The number of carbonyl (C=O) groups is 2. The molecule has 8 heteroatoms. The minimum Gasteiger partial charge on any atom is -0.394 e. The van der Waals surface area contributed by atoms with E-state index in [4.69, 9.17) is 0 Å². The maximum atomic E-state index is 12.4. The van der Waals surface area contributed by atoms with Crippen LogP contribution in [0.2, 0.25) is 0 Å². The van der Waals surface area contributed by atoms with Crippen molar-refractivity contribution in [1.82, 2.24) is 10.2 Å². The van der Waals surface area contributed by atoms with Crippen molar-refractivity contribution in [3.8, 4) is 0 Å². The molecule has 1 unspecified atom stereocenters. The lowest BCUT2D eigenvalue weighted by molar-refractivity contribution is -0.134. The number of nitrogens with one attached hydrogen (secondary N) is 2. The summed E-state index contributed by atoms with van der Waals surface area (Å²) in [4.78, 5) is 25.8. The number of aliphatic hydroxyl groups is 2. The number of likely N-dealkylation sites (tertiary alicyclic amines) is 1. The zero-order valence-corrected chi connectivity index (χ0v) is 14.3. The van der Waals surface area contributed by atoms with Crippen molar-refractivity contribution in [3.63, 3.8) is 0 Å². The maximum absolute atomic E-state index is 12.4. The molecule has 4 N–H and O–H groups in total. The Balaban J connectivity index is 1.96. The first kappa shape index (κ1) is 17.7. The summed E-state index contributed by atoms with van der Waals surface area (Å²) in [6, 6.07) is 5.14. The Kier molecular flexibility index (Phi) is 5.97. The van der Waals surface area contributed by atoms with Crippen LogP contribution in [0.5, 0.6) is 0 Å². The zero-order chi connectivity index (χ0) is 17.0. The fourth-order valence-corrected chi connectivity index (χ4v) is 2.97. The van der Waals surface area contributed by atoms with Gasteiger partial charge in [-0.2, -0.15) is 0 Å². The molecule has 2 rings (SSSR count). The van der Waals surface area contributed by atoms with Crippen LogP contribution in [0.1, 0.15) is 13.3 Å². The number of aliphatic hydroxyl groups excluding tert-OH is 2. The highest BCUT2D eigenvalue weighted by molar-refractivity contribution is 9.10. The summed E-state index contributed by atoms with van der Waals surface area (Å²) in [6.45, 7) is 1.19. The number of halogens is 1. The number of benzene rings is 1. The van der Waals surface area contributed by atoms with E-state index in [-0.39, 0.29) is 25.2 Å². The van der Waals surface area contributed by atoms with Gasteiger partial charge in [0.15, 0.2) is 0 Å². The van der Waals surface area contributed by atoms with Crippen molar-refractivity contribution < 1.29 is 19.8 Å². The molecule has 0 aromatic heterocycles. The van der Waals surface area contributed by atoms with E-state index in [2.05, 4.69) is 26.6 Å². The van der Waals surface area contributed by atoms with Crippen molar-refractivity contribution >= 4 is 33.6 Å². The number of urea groups is 1. The topological polar surface area (TPSA) is 102 Å². The van der Waals surface area contributed by atoms with E-state index in [0.717, 1.165) is 4.47 Å². The summed E-state index contributed by atoms with van der Waals surface area (Å²) in [5.74, 6) is -0.295. The highest BCUT2D eigenvalue weighted by Gasteiger charge is 2.41. The molecule has 3 amide bonds. The van der Waals surface area contributed by atoms with E-state index < -0.39 is 18.1 Å². The van der Waals surface area contributed by atoms with Crippen LogP contribution >= 0.6 is 15.9 Å². The molecule has 1 aliphatic rings. The van der Waals surface area contributed by atoms with Crippen LogP contribution in [-0.2, 0) is 4.79 Å². The third kappa shape index (κ3) is 4.21. The first-order chi connectivity index (χ1) is 11.0. The Morgan fingerprint density at radius 3 is 2.52 bits per heavy atom. The van der Waals surface area contributed by atoms with Gasteiger partial charge in [0.25, 0.3) is 0 Å². The highest BCUT2D eigenvalue weighted by atomic mass is 79.9. The molecule has 0 aliphatic carbocycles. The van der Waals surface area contributed by atoms with Crippen LogP contribution in [0.4, 0.5) is 10.5 Å². The second-order valence-corrected chi connectivity index (χ2v) is 6.42. The van der Waals surface area contributed by atoms with Gasteiger partial charge >= 0.3 is 6.03 Å². The summed E-state index contributed by atoms with van der Waals surface area (Å²) in [5.41, 5.74) is 0.615. The van der Waals surface area contributed by atoms with Gasteiger partial charge in [-0.25, -0.2) is 4.79 Å². The summed E-state index contributed by atoms with van der Waals surface area (Å²) in [6.07, 6.45) is 0.434. The van der Waals surface area contributed by atoms with Crippen LogP contribution in [0.15, 0.2) is 28.7 Å². The minimum atomic E-state index is -0.666. The number of anilines is 1. The molecule has 0 bridgehead atoms. The van der Waals surface area contributed by atoms with Crippen molar-refractivity contribution in [1.29, 1.82) is 0 Å². The zero-order valence-electron chi connectivity index (χ0n) is 12.7. The quantitative estimate of drug-likeness (QED) is 0.604. The number of rotatable bonds is 5. The standard InChI is InChI=1S/C15H20BrN3O4/c1-9-6-13(14(22)19(9)12(7-20)8-21)18-15(23)17-11-4-2-10(16)3-5-11/h2-5,9,12-13,20-21H,6-8H2,1H3,(H2,17,18,23)/t9?,13-/m0/s1. The monoisotopic (exact) mass is 385 g/mol. The maximum Gasteiger partial charge on any atom is 0.319 e. The lowest BCUT2D eigenvalue weighted by atomic mass is 10.2. The Hall–Kier alpha value is -1.64. The van der Waals surface area contributed by atoms with Crippen molar-refractivity contribution in [2.24, 2.45) is 0 Å². The van der Waals surface area contributed by atoms with E-state index in [9.17, 15) is 19.8 Å². The SMILES string of the molecule is CC1C[C@H](NC(=O)Nc2ccc(Br)cc2)C(=O)N1C(CO)CO. The molecule has 1 aliphatic heterocycles. The summed E-state index contributed by atoms with van der Waals surface area (Å²) < 4.78 is 0.901. The number of carbonyl (C=O) groups excluding carboxylic acids is 2. The molecule has 1 heterocycles. The first-order valence-corrected chi connectivity index (χ1v) is 8.12. The second-order valence-electron chi connectivity index (χ2n) is 5.51. The van der Waals surface area contributed by atoms with Gasteiger partial charge in [-0.1, -0.05) is 15.9 Å². The molecule has 1 aromatic rings. The largest absolute Gasteiger partial charge is 0.394 e. The normalized spacial score (nSPS) is 20.9. The molecule has 1 fully saturated rings. The van der Waals surface area contributed by atoms with E-state index in [1.807, 2.05) is 6.92 Å². The number of hydrogen-bond acceptors (Lipinski definition) is 4. The molecule has 1 saturated heterocycles. The lowest BCUT2D eigenvalue weighted by Gasteiger charge is -2.28. The van der Waals surface area contributed by atoms with Crippen LogP contribution in [-0.4, -0.2) is 58.4 Å². The Bertz CT molecular complexity index is 562. The van der Waals surface area contributed by atoms with Gasteiger partial charge in [-0.3, -0.25) is 4.79 Å². The number of amides is 3. The molecule has 0 saturated carbocycles. The molecule has 23 heavy (non-hydrogen) atoms. The molecule has 0 radical (unpaired) electrons. The van der Waals surface area contributed by atoms with Gasteiger partial charge in [-0.05, 0) is 37.6 Å². The molecular weight excluding hydrogens is 366 g/mol. The second kappa shape index (κ2) is 7.76. The van der Waals surface area contributed by atoms with Crippen LogP contribution in [0.3, 0.4) is 0 Å². The Morgan fingerprint density at radius 1 is 1.35 bits per heavy atom. The van der Waals surface area contributed by atoms with Crippen LogP contribution in [0.25, 0.3) is 0 Å². The first-order valence-electron chi connectivity index (χ1n) is 7.33. The molecule has 126 valence electrons. The van der Waals surface area contributed by atoms with Gasteiger partial charge in [0, 0.05) is 16.2 Å². The van der Waals surface area contributed by atoms with Gasteiger partial charge < -0.3 is 25.7 Å². The minimum absolute atomic E-state index is 0.162. The average Bonchev–Trinajstić information content (AvgIpc) is 2.78. The van der Waals surface area contributed by atoms with E-state index >= 15 is 0 Å². The fraction of sp³-hybridized carbons (Fsp3) is 0.467. The molecule has 1 aromatic carbocycles. The Labute approximate surface area is 142 Å². The fourth-order valence-electron chi connectivity index (χ4n) is 2.71. The van der Waals surface area contributed by atoms with Crippen molar-refractivity contribution in [3.05, 3.63) is 28.7 Å². The number of hydrogen-bond donors (Lipinski definition) is 4. The van der Waals surface area contributed by atoms with Gasteiger partial charge in [0.05, 0.1) is 19.3 Å². The predicted octanol–water partition coefficient (Wildman–Crippen LogP) is 0.913. The van der Waals surface area contributed by atoms with Crippen molar-refractivity contribution in [2.45, 2.75) is 31.5 Å². The molecule has 0 spiro atoms. The van der Waals surface area contributed by atoms with E-state index in [0.29, 0.717) is 12.1 Å². The average molecular weight is 386 g/mol. The van der Waals surface area contributed by atoms with E-state index in [1.165, 1.54) is 4.90 Å². The van der Waals surface area contributed by atoms with Crippen molar-refractivity contribution in [2.75, 3.05) is 18.5 Å². The lowest BCUT2D eigenvalue weighted by Crippen LogP contribution is -2.49. The smallest absolute Gasteiger partial charge is 0.319 e. The van der Waals surface area contributed by atoms with Gasteiger partial charge in [0.2, 0.25) is 5.91 Å². The summed E-state index contributed by atoms with van der Waals surface area (Å²) >= 11 is 3.31. The van der Waals surface area contributed by atoms with Crippen LogP contribution in [0, 0.1) is 0 Å². The van der Waals surface area contributed by atoms with Gasteiger partial charge in [0.1, 0.15) is 6.04 Å². The third-order valence-corrected chi connectivity index (χ3v) is 4.36.